The smallest absolute Gasteiger partial charge is 0.349 e. The number of aromatic amines is 1. The molecule has 1 unspecified atom stereocenters. The van der Waals surface area contributed by atoms with Crippen LogP contribution in [0.2, 0.25) is 0 Å². The summed E-state index contributed by atoms with van der Waals surface area (Å²) in [6.07, 6.45) is 2.87. The first kappa shape index (κ1) is 11.0. The van der Waals surface area contributed by atoms with Crippen LogP contribution in [0, 0.1) is 0 Å². The Bertz CT molecular complexity index is 635. The highest BCUT2D eigenvalue weighted by atomic mass is 16.1. The fourth-order valence-electron chi connectivity index (χ4n) is 2.54. The number of nitrogen functional groups attached to an aromatic ring is 1. The van der Waals surface area contributed by atoms with Crippen LogP contribution in [0.3, 0.4) is 0 Å². The second-order valence-electron chi connectivity index (χ2n) is 4.61. The third-order valence-corrected chi connectivity index (χ3v) is 3.42. The maximum absolute atomic E-state index is 11.3. The lowest BCUT2D eigenvalue weighted by molar-refractivity contribution is 0.551. The van der Waals surface area contributed by atoms with E-state index in [1.165, 1.54) is 11.1 Å². The van der Waals surface area contributed by atoms with Crippen molar-refractivity contribution in [3.05, 3.63) is 51.7 Å². The Labute approximate surface area is 104 Å². The van der Waals surface area contributed by atoms with Gasteiger partial charge in [-0.1, -0.05) is 24.3 Å². The van der Waals surface area contributed by atoms with E-state index in [1.807, 2.05) is 6.07 Å². The van der Waals surface area contributed by atoms with Crippen LogP contribution in [0.15, 0.2) is 29.1 Å². The summed E-state index contributed by atoms with van der Waals surface area (Å²) in [5.41, 5.74) is 7.81. The summed E-state index contributed by atoms with van der Waals surface area (Å²) in [6.45, 7) is 0. The Morgan fingerprint density at radius 2 is 2.00 bits per heavy atom. The molecule has 0 amide bonds. The van der Waals surface area contributed by atoms with Crippen molar-refractivity contribution in [2.75, 3.05) is 5.73 Å². The summed E-state index contributed by atoms with van der Waals surface area (Å²) in [7, 11) is 0. The van der Waals surface area contributed by atoms with Gasteiger partial charge in [-0.05, 0) is 30.4 Å². The van der Waals surface area contributed by atoms with Crippen LogP contribution in [0.4, 0.5) is 5.95 Å². The van der Waals surface area contributed by atoms with Gasteiger partial charge < -0.3 is 5.73 Å². The molecule has 3 N–H and O–H groups in total. The Kier molecular flexibility index (Phi) is 2.59. The summed E-state index contributed by atoms with van der Waals surface area (Å²) < 4.78 is 0. The number of benzene rings is 1. The van der Waals surface area contributed by atoms with E-state index in [0.717, 1.165) is 19.3 Å². The molecule has 0 fully saturated rings. The van der Waals surface area contributed by atoms with Crippen molar-refractivity contribution in [1.82, 2.24) is 15.0 Å². The lowest BCUT2D eigenvalue weighted by Crippen LogP contribution is -2.22. The van der Waals surface area contributed by atoms with Gasteiger partial charge in [-0.3, -0.25) is 4.98 Å². The van der Waals surface area contributed by atoms with E-state index in [9.17, 15) is 4.79 Å². The molecule has 92 valence electrons. The van der Waals surface area contributed by atoms with Crippen molar-refractivity contribution in [2.24, 2.45) is 0 Å². The number of rotatable bonds is 1. The van der Waals surface area contributed by atoms with Gasteiger partial charge in [0.1, 0.15) is 5.82 Å². The Balaban J connectivity index is 1.94. The minimum Gasteiger partial charge on any atom is -0.368 e. The fraction of sp³-hybridized carbons (Fsp3) is 0.308. The van der Waals surface area contributed by atoms with E-state index in [2.05, 4.69) is 33.2 Å². The van der Waals surface area contributed by atoms with E-state index in [-0.39, 0.29) is 11.9 Å². The van der Waals surface area contributed by atoms with Crippen molar-refractivity contribution in [3.63, 3.8) is 0 Å². The average Bonchev–Trinajstić information content (AvgIpc) is 2.37. The molecule has 1 atom stereocenters. The maximum Gasteiger partial charge on any atom is 0.349 e. The van der Waals surface area contributed by atoms with Gasteiger partial charge in [0.05, 0.1) is 0 Å². The molecular weight excluding hydrogens is 228 g/mol. The van der Waals surface area contributed by atoms with E-state index < -0.39 is 5.69 Å². The number of anilines is 1. The fourth-order valence-corrected chi connectivity index (χ4v) is 2.54. The molecule has 1 aliphatic carbocycles. The van der Waals surface area contributed by atoms with E-state index >= 15 is 0 Å². The molecule has 0 bridgehead atoms. The zero-order valence-electron chi connectivity index (χ0n) is 9.89. The van der Waals surface area contributed by atoms with Crippen molar-refractivity contribution in [3.8, 4) is 0 Å². The molecule has 3 rings (SSSR count). The Morgan fingerprint density at radius 1 is 1.22 bits per heavy atom. The number of nitrogens with one attached hydrogen (secondary N) is 1. The molecular formula is C13H14N4O. The Hall–Kier alpha value is -2.17. The molecule has 5 heteroatoms. The van der Waals surface area contributed by atoms with Crippen molar-refractivity contribution in [1.29, 1.82) is 0 Å². The zero-order valence-corrected chi connectivity index (χ0v) is 9.89. The molecule has 0 spiro atoms. The quantitative estimate of drug-likeness (QED) is 0.781. The normalized spacial score (nSPS) is 18.3. The molecule has 1 aliphatic rings. The number of nitrogens with zero attached hydrogens (tertiary/aromatic N) is 2. The molecule has 2 aromatic rings. The van der Waals surface area contributed by atoms with Gasteiger partial charge in [-0.25, -0.2) is 4.79 Å². The van der Waals surface area contributed by atoms with Gasteiger partial charge in [0.2, 0.25) is 5.95 Å². The largest absolute Gasteiger partial charge is 0.368 e. The van der Waals surface area contributed by atoms with E-state index in [1.54, 1.807) is 0 Å². The number of aryl methyl sites for hydroxylation is 1. The molecule has 1 aromatic heterocycles. The number of fused-ring (bicyclic) bond motifs is 1. The number of aromatic nitrogens is 3. The van der Waals surface area contributed by atoms with Crippen LogP contribution in [0.25, 0.3) is 0 Å². The summed E-state index contributed by atoms with van der Waals surface area (Å²) >= 11 is 0. The monoisotopic (exact) mass is 242 g/mol. The molecule has 18 heavy (non-hydrogen) atoms. The molecule has 5 nitrogen and oxygen atoms in total. The lowest BCUT2D eigenvalue weighted by atomic mass is 9.83. The summed E-state index contributed by atoms with van der Waals surface area (Å²) in [6, 6.07) is 8.38. The van der Waals surface area contributed by atoms with Gasteiger partial charge >= 0.3 is 5.69 Å². The van der Waals surface area contributed by atoms with Gasteiger partial charge in [0.25, 0.3) is 0 Å². The summed E-state index contributed by atoms with van der Waals surface area (Å²) in [5, 5.41) is 0. The second kappa shape index (κ2) is 4.25. The molecule has 1 heterocycles. The molecule has 0 saturated heterocycles. The molecule has 0 aliphatic heterocycles. The second-order valence-corrected chi connectivity index (χ2v) is 4.61. The highest BCUT2D eigenvalue weighted by Gasteiger charge is 2.22. The van der Waals surface area contributed by atoms with Crippen LogP contribution >= 0.6 is 0 Å². The standard InChI is InChI=1S/C13H14N4O/c14-12-15-11(16-13(18)17-12)10-6-5-8-3-1-2-4-9(8)7-10/h1-4,10H,5-7H2,(H3,14,15,16,17,18). The van der Waals surface area contributed by atoms with Crippen molar-refractivity contribution >= 4 is 5.95 Å². The first-order chi connectivity index (χ1) is 8.72. The lowest BCUT2D eigenvalue weighted by Gasteiger charge is -2.23. The van der Waals surface area contributed by atoms with Crippen molar-refractivity contribution in [2.45, 2.75) is 25.2 Å². The first-order valence-electron chi connectivity index (χ1n) is 6.03. The van der Waals surface area contributed by atoms with E-state index in [0.29, 0.717) is 5.82 Å². The summed E-state index contributed by atoms with van der Waals surface area (Å²) in [5.74, 6) is 0.924. The third-order valence-electron chi connectivity index (χ3n) is 3.42. The number of nitrogens with two attached hydrogens (primary N) is 1. The SMILES string of the molecule is Nc1nc(C2CCc3ccccc3C2)[nH]c(=O)n1. The minimum atomic E-state index is -0.420. The van der Waals surface area contributed by atoms with Gasteiger partial charge in [-0.2, -0.15) is 9.97 Å². The summed E-state index contributed by atoms with van der Waals surface area (Å²) in [4.78, 5) is 21.7. The third kappa shape index (κ3) is 1.99. The average molecular weight is 242 g/mol. The zero-order chi connectivity index (χ0) is 12.5. The Morgan fingerprint density at radius 3 is 2.78 bits per heavy atom. The van der Waals surface area contributed by atoms with Crippen LogP contribution in [-0.2, 0) is 12.8 Å². The highest BCUT2D eigenvalue weighted by molar-refractivity contribution is 5.31. The molecule has 0 radical (unpaired) electrons. The van der Waals surface area contributed by atoms with Crippen LogP contribution < -0.4 is 11.4 Å². The van der Waals surface area contributed by atoms with Crippen LogP contribution in [0.1, 0.15) is 29.3 Å². The van der Waals surface area contributed by atoms with Crippen LogP contribution in [-0.4, -0.2) is 15.0 Å². The maximum atomic E-state index is 11.3. The van der Waals surface area contributed by atoms with Gasteiger partial charge in [0, 0.05) is 5.92 Å². The predicted molar refractivity (Wildman–Crippen MR) is 68.3 cm³/mol. The van der Waals surface area contributed by atoms with Crippen LogP contribution in [0.5, 0.6) is 0 Å². The topological polar surface area (TPSA) is 84.7 Å². The first-order valence-corrected chi connectivity index (χ1v) is 6.03. The number of H-pyrrole nitrogens is 1. The van der Waals surface area contributed by atoms with Gasteiger partial charge in [-0.15, -0.1) is 0 Å². The highest BCUT2D eigenvalue weighted by Crippen LogP contribution is 2.30. The predicted octanol–water partition coefficient (Wildman–Crippen LogP) is 1.02. The number of hydrogen-bond donors (Lipinski definition) is 2. The minimum absolute atomic E-state index is 0.0487. The van der Waals surface area contributed by atoms with E-state index in [4.69, 9.17) is 5.73 Å². The number of hydrogen-bond acceptors (Lipinski definition) is 4. The molecule has 0 saturated carbocycles. The van der Waals surface area contributed by atoms with Gasteiger partial charge in [0.15, 0.2) is 0 Å². The van der Waals surface area contributed by atoms with Crippen molar-refractivity contribution < 1.29 is 0 Å². The molecule has 1 aromatic carbocycles.